The van der Waals surface area contributed by atoms with Gasteiger partial charge in [-0.15, -0.1) is 0 Å². The molecule has 0 saturated heterocycles. The van der Waals surface area contributed by atoms with Crippen LogP contribution in [0.3, 0.4) is 0 Å². The highest BCUT2D eigenvalue weighted by atomic mass is 35.5. The maximum absolute atomic E-state index is 13.9. The van der Waals surface area contributed by atoms with Crippen molar-refractivity contribution >= 4 is 23.3 Å². The SMILES string of the molecule is C[C@@H]1CC(=O)c2c(OCC(=O)NCc3ccccc3Cl)ccc(F)c21. The number of ether oxygens (including phenoxy) is 1. The van der Waals surface area contributed by atoms with Gasteiger partial charge < -0.3 is 10.1 Å². The van der Waals surface area contributed by atoms with Crippen LogP contribution in [-0.4, -0.2) is 18.3 Å². The molecule has 4 nitrogen and oxygen atoms in total. The third kappa shape index (κ3) is 3.66. The molecule has 1 N–H and O–H groups in total. The minimum Gasteiger partial charge on any atom is -0.483 e. The number of hydrogen-bond acceptors (Lipinski definition) is 3. The Kier molecular flexibility index (Phi) is 5.04. The molecule has 0 heterocycles. The molecule has 3 rings (SSSR count). The van der Waals surface area contributed by atoms with E-state index in [9.17, 15) is 14.0 Å². The number of Topliss-reactive ketones (excluding diaryl/α,β-unsaturated/α-hetero) is 1. The average molecular weight is 362 g/mol. The van der Waals surface area contributed by atoms with Gasteiger partial charge in [0.25, 0.3) is 5.91 Å². The van der Waals surface area contributed by atoms with Crippen LogP contribution < -0.4 is 10.1 Å². The van der Waals surface area contributed by atoms with E-state index >= 15 is 0 Å². The van der Waals surface area contributed by atoms with Gasteiger partial charge in [0.05, 0.1) is 5.56 Å². The number of rotatable bonds is 5. The summed E-state index contributed by atoms with van der Waals surface area (Å²) in [5, 5.41) is 3.27. The number of ketones is 1. The van der Waals surface area contributed by atoms with Crippen LogP contribution in [0.25, 0.3) is 0 Å². The molecule has 0 aliphatic heterocycles. The lowest BCUT2D eigenvalue weighted by Gasteiger charge is -2.12. The zero-order chi connectivity index (χ0) is 18.0. The molecule has 0 saturated carbocycles. The highest BCUT2D eigenvalue weighted by Gasteiger charge is 2.32. The molecule has 1 aliphatic carbocycles. The number of benzene rings is 2. The minimum atomic E-state index is -0.413. The summed E-state index contributed by atoms with van der Waals surface area (Å²) in [5.41, 5.74) is 1.43. The Bertz CT molecular complexity index is 837. The second-order valence-electron chi connectivity index (χ2n) is 6.02. The second-order valence-corrected chi connectivity index (χ2v) is 6.43. The Morgan fingerprint density at radius 3 is 2.84 bits per heavy atom. The first-order chi connectivity index (χ1) is 12.0. The Morgan fingerprint density at radius 2 is 2.08 bits per heavy atom. The zero-order valence-electron chi connectivity index (χ0n) is 13.6. The van der Waals surface area contributed by atoms with Gasteiger partial charge in [-0.2, -0.15) is 0 Å². The number of carbonyl (C=O) groups is 2. The van der Waals surface area contributed by atoms with Gasteiger partial charge in [-0.1, -0.05) is 36.7 Å². The maximum atomic E-state index is 13.9. The third-order valence-electron chi connectivity index (χ3n) is 4.21. The van der Waals surface area contributed by atoms with Gasteiger partial charge in [-0.25, -0.2) is 4.39 Å². The molecule has 6 heteroatoms. The largest absolute Gasteiger partial charge is 0.483 e. The normalized spacial score (nSPS) is 15.8. The first-order valence-electron chi connectivity index (χ1n) is 7.96. The lowest BCUT2D eigenvalue weighted by molar-refractivity contribution is -0.123. The average Bonchev–Trinajstić information content (AvgIpc) is 2.89. The van der Waals surface area contributed by atoms with Gasteiger partial charge in [0, 0.05) is 23.6 Å². The number of nitrogens with one attached hydrogen (secondary N) is 1. The summed E-state index contributed by atoms with van der Waals surface area (Å²) in [4.78, 5) is 24.1. The standard InChI is InChI=1S/C19H17ClFNO3/c1-11-8-15(23)19-16(7-6-14(21)18(11)19)25-10-17(24)22-9-12-4-2-3-5-13(12)20/h2-7,11H,8-10H2,1H3,(H,22,24)/t11-/m1/s1. The van der Waals surface area contributed by atoms with Gasteiger partial charge >= 0.3 is 0 Å². The summed E-state index contributed by atoms with van der Waals surface area (Å²) in [6.07, 6.45) is 0.255. The number of hydrogen-bond donors (Lipinski definition) is 1. The van der Waals surface area contributed by atoms with Crippen LogP contribution >= 0.6 is 11.6 Å². The fraction of sp³-hybridized carbons (Fsp3) is 0.263. The summed E-state index contributed by atoms with van der Waals surface area (Å²) in [5.74, 6) is -0.854. The van der Waals surface area contributed by atoms with E-state index in [4.69, 9.17) is 16.3 Å². The molecule has 0 radical (unpaired) electrons. The summed E-state index contributed by atoms with van der Waals surface area (Å²) in [6, 6.07) is 9.86. The van der Waals surface area contributed by atoms with Crippen LogP contribution in [0.15, 0.2) is 36.4 Å². The molecular formula is C19H17ClFNO3. The smallest absolute Gasteiger partial charge is 0.258 e. The fourth-order valence-electron chi connectivity index (χ4n) is 2.98. The minimum absolute atomic E-state index is 0.159. The first-order valence-corrected chi connectivity index (χ1v) is 8.33. The highest BCUT2D eigenvalue weighted by molar-refractivity contribution is 6.31. The van der Waals surface area contributed by atoms with Crippen molar-refractivity contribution in [1.82, 2.24) is 5.32 Å². The molecule has 0 spiro atoms. The van der Waals surface area contributed by atoms with Crippen LogP contribution in [0, 0.1) is 5.82 Å². The van der Waals surface area contributed by atoms with Crippen molar-refractivity contribution in [2.24, 2.45) is 0 Å². The van der Waals surface area contributed by atoms with Crippen molar-refractivity contribution in [2.75, 3.05) is 6.61 Å². The van der Waals surface area contributed by atoms with Crippen molar-refractivity contribution in [3.63, 3.8) is 0 Å². The van der Waals surface area contributed by atoms with Crippen LogP contribution in [0.2, 0.25) is 5.02 Å². The molecule has 2 aromatic carbocycles. The van der Waals surface area contributed by atoms with E-state index in [0.29, 0.717) is 10.6 Å². The molecule has 25 heavy (non-hydrogen) atoms. The lowest BCUT2D eigenvalue weighted by atomic mass is 10.0. The second kappa shape index (κ2) is 7.23. The lowest BCUT2D eigenvalue weighted by Crippen LogP contribution is -2.28. The number of halogens is 2. The molecule has 0 unspecified atom stereocenters. The van der Waals surface area contributed by atoms with Crippen molar-refractivity contribution in [1.29, 1.82) is 0 Å². The summed E-state index contributed by atoms with van der Waals surface area (Å²) < 4.78 is 19.4. The fourth-order valence-corrected chi connectivity index (χ4v) is 3.18. The van der Waals surface area contributed by atoms with E-state index in [1.807, 2.05) is 18.2 Å². The Morgan fingerprint density at radius 1 is 1.32 bits per heavy atom. The predicted molar refractivity (Wildman–Crippen MR) is 92.6 cm³/mol. The van der Waals surface area contributed by atoms with Crippen LogP contribution in [0.4, 0.5) is 4.39 Å². The maximum Gasteiger partial charge on any atom is 0.258 e. The molecule has 0 bridgehead atoms. The molecule has 1 aliphatic rings. The van der Waals surface area contributed by atoms with E-state index in [2.05, 4.69) is 5.32 Å². The van der Waals surface area contributed by atoms with Crippen LogP contribution in [0.5, 0.6) is 5.75 Å². The summed E-state index contributed by atoms with van der Waals surface area (Å²) >= 11 is 6.03. The predicted octanol–water partition coefficient (Wildman–Crippen LogP) is 3.86. The van der Waals surface area contributed by atoms with Crippen molar-refractivity contribution in [3.8, 4) is 5.75 Å². The summed E-state index contributed by atoms with van der Waals surface area (Å²) in [6.45, 7) is 1.82. The third-order valence-corrected chi connectivity index (χ3v) is 4.58. The zero-order valence-corrected chi connectivity index (χ0v) is 14.4. The Labute approximate surface area is 149 Å². The number of amides is 1. The Hall–Kier alpha value is -2.40. The first kappa shape index (κ1) is 17.4. The van der Waals surface area contributed by atoms with Gasteiger partial charge in [-0.3, -0.25) is 9.59 Å². The topological polar surface area (TPSA) is 55.4 Å². The molecular weight excluding hydrogens is 345 g/mol. The van der Waals surface area contributed by atoms with Gasteiger partial charge in [0.1, 0.15) is 11.6 Å². The van der Waals surface area contributed by atoms with Gasteiger partial charge in [0.15, 0.2) is 12.4 Å². The summed E-state index contributed by atoms with van der Waals surface area (Å²) in [7, 11) is 0. The highest BCUT2D eigenvalue weighted by Crippen LogP contribution is 2.39. The van der Waals surface area contributed by atoms with Gasteiger partial charge in [-0.05, 0) is 29.7 Å². The Balaban J connectivity index is 1.64. The van der Waals surface area contributed by atoms with Crippen molar-refractivity contribution in [2.45, 2.75) is 25.8 Å². The van der Waals surface area contributed by atoms with Crippen molar-refractivity contribution in [3.05, 3.63) is 63.9 Å². The van der Waals surface area contributed by atoms with E-state index in [0.717, 1.165) is 5.56 Å². The van der Waals surface area contributed by atoms with E-state index in [1.165, 1.54) is 12.1 Å². The van der Waals surface area contributed by atoms with E-state index < -0.39 is 5.82 Å². The molecule has 2 aromatic rings. The quantitative estimate of drug-likeness (QED) is 0.879. The van der Waals surface area contributed by atoms with Crippen LogP contribution in [-0.2, 0) is 11.3 Å². The number of fused-ring (bicyclic) bond motifs is 1. The molecule has 0 fully saturated rings. The van der Waals surface area contributed by atoms with Crippen molar-refractivity contribution < 1.29 is 18.7 Å². The molecule has 1 atom stereocenters. The molecule has 0 aromatic heterocycles. The van der Waals surface area contributed by atoms with E-state index in [-0.39, 0.29) is 48.5 Å². The van der Waals surface area contributed by atoms with Gasteiger partial charge in [0.2, 0.25) is 0 Å². The monoisotopic (exact) mass is 361 g/mol. The van der Waals surface area contributed by atoms with E-state index in [1.54, 1.807) is 13.0 Å². The number of carbonyl (C=O) groups excluding carboxylic acids is 2. The van der Waals surface area contributed by atoms with Crippen LogP contribution in [0.1, 0.15) is 40.7 Å². The molecule has 1 amide bonds. The molecule has 130 valence electrons.